The van der Waals surface area contributed by atoms with Gasteiger partial charge in [-0.1, -0.05) is 24.3 Å². The maximum absolute atomic E-state index is 13.1. The van der Waals surface area contributed by atoms with Crippen molar-refractivity contribution in [1.82, 2.24) is 25.1 Å². The topological polar surface area (TPSA) is 64.3 Å². The minimum absolute atomic E-state index is 0.00433. The van der Waals surface area contributed by atoms with Gasteiger partial charge in [0.1, 0.15) is 0 Å². The molecule has 0 unspecified atom stereocenters. The summed E-state index contributed by atoms with van der Waals surface area (Å²) in [4.78, 5) is 26.5. The number of carbonyl (C=O) groups excluding carboxylic acids is 1. The number of hydrogen-bond donors (Lipinski definition) is 2. The maximum Gasteiger partial charge on any atom is 0.253 e. The smallest absolute Gasteiger partial charge is 0.253 e. The molecule has 2 aliphatic carbocycles. The van der Waals surface area contributed by atoms with E-state index in [2.05, 4.69) is 57.5 Å². The number of hydrogen-bond acceptors (Lipinski definition) is 4. The second kappa shape index (κ2) is 8.04. The quantitative estimate of drug-likeness (QED) is 0.615. The lowest BCUT2D eigenvalue weighted by Gasteiger charge is -2.45. The van der Waals surface area contributed by atoms with Crippen molar-refractivity contribution in [2.24, 2.45) is 0 Å². The Kier molecular flexibility index (Phi) is 4.90. The fourth-order valence-electron chi connectivity index (χ4n) is 6.45. The molecule has 1 spiro atoms. The van der Waals surface area contributed by atoms with Crippen LogP contribution in [-0.4, -0.2) is 64.4 Å². The largest absolute Gasteiger partial charge is 0.357 e. The number of rotatable bonds is 3. The lowest BCUT2D eigenvalue weighted by atomic mass is 9.71. The number of aryl methyl sites for hydroxylation is 1. The minimum Gasteiger partial charge on any atom is -0.357 e. The van der Waals surface area contributed by atoms with Gasteiger partial charge in [0.15, 0.2) is 0 Å². The van der Waals surface area contributed by atoms with Crippen LogP contribution in [0.1, 0.15) is 52.0 Å². The van der Waals surface area contributed by atoms with E-state index in [1.807, 2.05) is 6.20 Å². The monoisotopic (exact) mass is 467 g/mol. The molecule has 2 fully saturated rings. The Bertz CT molecular complexity index is 1300. The third-order valence-corrected chi connectivity index (χ3v) is 8.76. The summed E-state index contributed by atoms with van der Waals surface area (Å²) in [6, 6.07) is 11.1. The number of H-pyrrole nitrogens is 1. The van der Waals surface area contributed by atoms with E-state index in [0.29, 0.717) is 0 Å². The predicted octanol–water partition coefficient (Wildman–Crippen LogP) is 3.80. The number of benzene rings is 1. The Morgan fingerprint density at radius 2 is 1.86 bits per heavy atom. The first-order valence-electron chi connectivity index (χ1n) is 13.1. The molecule has 4 heterocycles. The molecule has 180 valence electrons. The van der Waals surface area contributed by atoms with Crippen molar-refractivity contribution < 1.29 is 4.79 Å². The van der Waals surface area contributed by atoms with Crippen molar-refractivity contribution in [3.8, 4) is 22.5 Å². The van der Waals surface area contributed by atoms with Crippen molar-refractivity contribution >= 4 is 5.91 Å². The molecule has 1 aromatic carbocycles. The molecule has 2 N–H and O–H groups in total. The SMILES string of the molecule is CN1CCN(Cc2ccc(-c3cc4c(cn3)CCc3c-4[nH]c4c3C(=O)NC3(CCC3)C4)cc2)CC1. The van der Waals surface area contributed by atoms with Gasteiger partial charge in [-0.05, 0) is 61.9 Å². The van der Waals surface area contributed by atoms with Crippen molar-refractivity contribution in [2.75, 3.05) is 33.2 Å². The Morgan fingerprint density at radius 1 is 1.06 bits per heavy atom. The number of fused-ring (bicyclic) bond motifs is 5. The highest BCUT2D eigenvalue weighted by molar-refractivity contribution is 6.01. The number of nitrogens with zero attached hydrogens (tertiary/aromatic N) is 3. The highest BCUT2D eigenvalue weighted by atomic mass is 16.2. The molecular formula is C29H33N5O. The highest BCUT2D eigenvalue weighted by Crippen LogP contribution is 2.43. The highest BCUT2D eigenvalue weighted by Gasteiger charge is 2.45. The van der Waals surface area contributed by atoms with Crippen molar-refractivity contribution in [2.45, 2.75) is 50.6 Å². The van der Waals surface area contributed by atoms with Crippen molar-refractivity contribution in [3.63, 3.8) is 0 Å². The number of amides is 1. The van der Waals surface area contributed by atoms with Crippen LogP contribution in [0.25, 0.3) is 22.5 Å². The molecule has 4 aliphatic rings. The van der Waals surface area contributed by atoms with Crippen molar-refractivity contribution in [1.29, 1.82) is 0 Å². The molecule has 6 nitrogen and oxygen atoms in total. The van der Waals surface area contributed by atoms with Crippen LogP contribution in [0.15, 0.2) is 36.5 Å². The lowest BCUT2D eigenvalue weighted by molar-refractivity contribution is 0.0793. The molecule has 6 heteroatoms. The van der Waals surface area contributed by atoms with Crippen LogP contribution in [0.2, 0.25) is 0 Å². The second-order valence-corrected chi connectivity index (χ2v) is 11.1. The zero-order chi connectivity index (χ0) is 23.6. The minimum atomic E-state index is -0.00433. The Morgan fingerprint density at radius 3 is 2.60 bits per heavy atom. The average molecular weight is 468 g/mol. The molecule has 35 heavy (non-hydrogen) atoms. The first-order valence-corrected chi connectivity index (χ1v) is 13.1. The fourth-order valence-corrected chi connectivity index (χ4v) is 6.45. The van der Waals surface area contributed by atoms with E-state index >= 15 is 0 Å². The number of carbonyl (C=O) groups is 1. The van der Waals surface area contributed by atoms with E-state index in [-0.39, 0.29) is 11.4 Å². The predicted molar refractivity (Wildman–Crippen MR) is 137 cm³/mol. The van der Waals surface area contributed by atoms with Gasteiger partial charge in [0.05, 0.1) is 17.0 Å². The van der Waals surface area contributed by atoms with Gasteiger partial charge in [0, 0.05) is 67.7 Å². The summed E-state index contributed by atoms with van der Waals surface area (Å²) in [6.45, 7) is 5.55. The summed E-state index contributed by atoms with van der Waals surface area (Å²) in [7, 11) is 2.20. The summed E-state index contributed by atoms with van der Waals surface area (Å²) in [6.07, 6.45) is 8.21. The number of aromatic nitrogens is 2. The van der Waals surface area contributed by atoms with E-state index in [4.69, 9.17) is 4.98 Å². The average Bonchev–Trinajstić information content (AvgIpc) is 3.24. The lowest BCUT2D eigenvalue weighted by Crippen LogP contribution is -2.57. The number of nitrogens with one attached hydrogen (secondary N) is 2. The van der Waals surface area contributed by atoms with Gasteiger partial charge >= 0.3 is 0 Å². The molecule has 2 aliphatic heterocycles. The molecule has 0 atom stereocenters. The summed E-state index contributed by atoms with van der Waals surface area (Å²) in [5.41, 5.74) is 10.3. The van der Waals surface area contributed by atoms with E-state index < -0.39 is 0 Å². The zero-order valence-corrected chi connectivity index (χ0v) is 20.5. The van der Waals surface area contributed by atoms with Gasteiger partial charge in [-0.3, -0.25) is 14.7 Å². The molecule has 7 rings (SSSR count). The third kappa shape index (κ3) is 3.62. The van der Waals surface area contributed by atoms with Crippen LogP contribution in [-0.2, 0) is 25.8 Å². The van der Waals surface area contributed by atoms with Crippen LogP contribution in [0.4, 0.5) is 0 Å². The first kappa shape index (κ1) is 21.3. The van der Waals surface area contributed by atoms with Gasteiger partial charge in [0.25, 0.3) is 5.91 Å². The molecule has 3 aromatic rings. The van der Waals surface area contributed by atoms with Gasteiger partial charge in [-0.15, -0.1) is 0 Å². The Balaban J connectivity index is 1.17. The first-order chi connectivity index (χ1) is 17.1. The molecule has 1 saturated heterocycles. The number of aromatic amines is 1. The van der Waals surface area contributed by atoms with Crippen LogP contribution < -0.4 is 5.32 Å². The van der Waals surface area contributed by atoms with Crippen molar-refractivity contribution in [3.05, 3.63) is 64.5 Å². The number of likely N-dealkylation sites (N-methyl/N-ethyl adjacent to an activating group) is 1. The molecule has 1 saturated carbocycles. The molecule has 1 amide bonds. The van der Waals surface area contributed by atoms with Crippen LogP contribution in [0.5, 0.6) is 0 Å². The molecule has 0 bridgehead atoms. The van der Waals surface area contributed by atoms with Crippen LogP contribution in [0.3, 0.4) is 0 Å². The zero-order valence-electron chi connectivity index (χ0n) is 20.5. The fraction of sp³-hybridized carbons (Fsp3) is 0.448. The maximum atomic E-state index is 13.1. The van der Waals surface area contributed by atoms with Gasteiger partial charge in [0.2, 0.25) is 0 Å². The van der Waals surface area contributed by atoms with E-state index in [0.717, 1.165) is 93.0 Å². The van der Waals surface area contributed by atoms with Gasteiger partial charge in [-0.25, -0.2) is 0 Å². The van der Waals surface area contributed by atoms with E-state index in [1.54, 1.807) is 0 Å². The standard InChI is InChI=1S/C29H33N5O/c1-33-11-13-34(14-12-33)18-19-3-5-20(6-4-19)24-15-23-21(17-30-24)7-8-22-26-25(31-27(22)23)16-29(9-2-10-29)32-28(26)35/h3-6,15,17,31H,2,7-14,16,18H2,1H3,(H,32,35). The molecule has 0 radical (unpaired) electrons. The number of piperazine rings is 1. The summed E-state index contributed by atoms with van der Waals surface area (Å²) >= 11 is 0. The van der Waals surface area contributed by atoms with Crippen LogP contribution >= 0.6 is 0 Å². The second-order valence-electron chi connectivity index (χ2n) is 11.1. The van der Waals surface area contributed by atoms with Gasteiger partial charge < -0.3 is 15.2 Å². The molecular weight excluding hydrogens is 434 g/mol. The molecule has 2 aromatic heterocycles. The normalized spacial score (nSPS) is 21.1. The Labute approximate surface area is 206 Å². The summed E-state index contributed by atoms with van der Waals surface area (Å²) in [5.74, 6) is 0.122. The van der Waals surface area contributed by atoms with E-state index in [1.165, 1.54) is 28.7 Å². The van der Waals surface area contributed by atoms with Gasteiger partial charge in [-0.2, -0.15) is 0 Å². The third-order valence-electron chi connectivity index (χ3n) is 8.76. The Hall–Kier alpha value is -2.96. The number of pyridine rings is 1. The summed E-state index contributed by atoms with van der Waals surface area (Å²) in [5, 5.41) is 3.34. The van der Waals surface area contributed by atoms with E-state index in [9.17, 15) is 4.79 Å². The van der Waals surface area contributed by atoms with Crippen LogP contribution in [0, 0.1) is 0 Å². The summed E-state index contributed by atoms with van der Waals surface area (Å²) < 4.78 is 0.